The van der Waals surface area contributed by atoms with Crippen molar-refractivity contribution >= 4 is 11.8 Å². The number of carbonyl (C=O) groups is 2. The standard InChI is InChI=1S/C22H21N5O2/c23-21(28)17-4-1-3-16(13-17)19-20(26-11-10-25-19)18-5-2-12-27(14-18)22(29)15-6-8-24-9-7-15/h1,3-4,6-11,13,18H,2,5,12,14H2,(H2,23,28)/t18-/m1/s1. The van der Waals surface area contributed by atoms with Crippen molar-refractivity contribution < 1.29 is 9.59 Å². The average Bonchev–Trinajstić information content (AvgIpc) is 2.79. The van der Waals surface area contributed by atoms with Gasteiger partial charge in [0.25, 0.3) is 5.91 Å². The number of piperidine rings is 1. The number of nitrogens with two attached hydrogens (primary N) is 1. The molecule has 2 aromatic heterocycles. The molecule has 3 heterocycles. The minimum Gasteiger partial charge on any atom is -0.366 e. The summed E-state index contributed by atoms with van der Waals surface area (Å²) < 4.78 is 0. The number of primary amides is 1. The Morgan fingerprint density at radius 1 is 1.00 bits per heavy atom. The van der Waals surface area contributed by atoms with Gasteiger partial charge in [0.1, 0.15) is 0 Å². The molecule has 1 aliphatic heterocycles. The molecule has 7 nitrogen and oxygen atoms in total. The summed E-state index contributed by atoms with van der Waals surface area (Å²) in [6, 6.07) is 10.6. The van der Waals surface area contributed by atoms with Gasteiger partial charge in [0.2, 0.25) is 5.91 Å². The number of likely N-dealkylation sites (tertiary alicyclic amines) is 1. The van der Waals surface area contributed by atoms with Gasteiger partial charge in [-0.1, -0.05) is 12.1 Å². The first-order chi connectivity index (χ1) is 14.1. The fourth-order valence-corrected chi connectivity index (χ4v) is 3.75. The lowest BCUT2D eigenvalue weighted by Crippen LogP contribution is -2.39. The third kappa shape index (κ3) is 3.99. The second-order valence-electron chi connectivity index (χ2n) is 7.06. The molecule has 146 valence electrons. The van der Waals surface area contributed by atoms with Crippen molar-refractivity contribution in [2.75, 3.05) is 13.1 Å². The number of hydrogen-bond acceptors (Lipinski definition) is 5. The lowest BCUT2D eigenvalue weighted by atomic mass is 9.91. The lowest BCUT2D eigenvalue weighted by molar-refractivity contribution is 0.0705. The van der Waals surface area contributed by atoms with Crippen molar-refractivity contribution in [3.63, 3.8) is 0 Å². The minimum atomic E-state index is -0.482. The number of hydrogen-bond donors (Lipinski definition) is 1. The summed E-state index contributed by atoms with van der Waals surface area (Å²) in [6.07, 6.45) is 8.36. The van der Waals surface area contributed by atoms with Gasteiger partial charge in [-0.05, 0) is 37.1 Å². The Hall–Kier alpha value is -3.61. The van der Waals surface area contributed by atoms with Crippen LogP contribution in [0.3, 0.4) is 0 Å². The molecule has 0 radical (unpaired) electrons. The zero-order chi connectivity index (χ0) is 20.2. The van der Waals surface area contributed by atoms with Crippen LogP contribution in [0, 0.1) is 0 Å². The Bertz CT molecular complexity index is 1040. The molecule has 7 heteroatoms. The molecule has 1 atom stereocenters. The topological polar surface area (TPSA) is 102 Å². The Balaban J connectivity index is 1.63. The SMILES string of the molecule is NC(=O)c1cccc(-c2nccnc2[C@@H]2CCCN(C(=O)c3ccncc3)C2)c1. The predicted octanol–water partition coefficient (Wildman–Crippen LogP) is 2.66. The maximum Gasteiger partial charge on any atom is 0.253 e. The van der Waals surface area contributed by atoms with Crippen molar-refractivity contribution in [1.29, 1.82) is 0 Å². The summed E-state index contributed by atoms with van der Waals surface area (Å²) in [5.41, 5.74) is 8.84. The van der Waals surface area contributed by atoms with Crippen molar-refractivity contribution in [2.24, 2.45) is 5.73 Å². The normalized spacial score (nSPS) is 16.4. The van der Waals surface area contributed by atoms with Crippen LogP contribution >= 0.6 is 0 Å². The summed E-state index contributed by atoms with van der Waals surface area (Å²) in [4.78, 5) is 39.4. The van der Waals surface area contributed by atoms with Crippen molar-refractivity contribution in [3.05, 3.63) is 78.0 Å². The molecule has 0 unspecified atom stereocenters. The van der Waals surface area contributed by atoms with E-state index in [4.69, 9.17) is 5.73 Å². The molecule has 0 spiro atoms. The van der Waals surface area contributed by atoms with Crippen LogP contribution in [-0.4, -0.2) is 44.8 Å². The smallest absolute Gasteiger partial charge is 0.253 e. The van der Waals surface area contributed by atoms with Crippen LogP contribution in [0.25, 0.3) is 11.3 Å². The second-order valence-corrected chi connectivity index (χ2v) is 7.06. The van der Waals surface area contributed by atoms with Crippen LogP contribution in [0.1, 0.15) is 45.2 Å². The van der Waals surface area contributed by atoms with E-state index in [9.17, 15) is 9.59 Å². The van der Waals surface area contributed by atoms with Gasteiger partial charge in [0.05, 0.1) is 11.4 Å². The summed E-state index contributed by atoms with van der Waals surface area (Å²) in [5, 5.41) is 0. The van der Waals surface area contributed by atoms with Crippen LogP contribution in [0.15, 0.2) is 61.2 Å². The molecule has 1 aliphatic rings. The number of aromatic nitrogens is 3. The highest BCUT2D eigenvalue weighted by atomic mass is 16.2. The van der Waals surface area contributed by atoms with E-state index in [1.54, 1.807) is 55.1 Å². The molecule has 0 aliphatic carbocycles. The number of carbonyl (C=O) groups excluding carboxylic acids is 2. The second kappa shape index (κ2) is 8.18. The molecular formula is C22H21N5O2. The third-order valence-electron chi connectivity index (χ3n) is 5.17. The van der Waals surface area contributed by atoms with Crippen LogP contribution in [-0.2, 0) is 0 Å². The maximum absolute atomic E-state index is 12.9. The van der Waals surface area contributed by atoms with Crippen LogP contribution in [0.2, 0.25) is 0 Å². The summed E-state index contributed by atoms with van der Waals surface area (Å²) in [5.74, 6) is -0.419. The van der Waals surface area contributed by atoms with Gasteiger partial charge in [0, 0.05) is 60.5 Å². The third-order valence-corrected chi connectivity index (χ3v) is 5.17. The van der Waals surface area contributed by atoms with E-state index in [1.807, 2.05) is 11.0 Å². The molecule has 4 rings (SSSR count). The van der Waals surface area contributed by atoms with Crippen LogP contribution in [0.5, 0.6) is 0 Å². The van der Waals surface area contributed by atoms with Crippen LogP contribution in [0.4, 0.5) is 0 Å². The highest BCUT2D eigenvalue weighted by molar-refractivity contribution is 5.94. The number of amides is 2. The van der Waals surface area contributed by atoms with Crippen molar-refractivity contribution in [2.45, 2.75) is 18.8 Å². The van der Waals surface area contributed by atoms with E-state index in [0.717, 1.165) is 29.8 Å². The van der Waals surface area contributed by atoms with Gasteiger partial charge in [-0.3, -0.25) is 24.5 Å². The fraction of sp³-hybridized carbons (Fsp3) is 0.227. The summed E-state index contributed by atoms with van der Waals surface area (Å²) in [6.45, 7) is 1.28. The molecule has 1 aromatic carbocycles. The average molecular weight is 387 g/mol. The van der Waals surface area contributed by atoms with Gasteiger partial charge in [0.15, 0.2) is 0 Å². The van der Waals surface area contributed by atoms with Gasteiger partial charge in [-0.15, -0.1) is 0 Å². The zero-order valence-electron chi connectivity index (χ0n) is 15.9. The first kappa shape index (κ1) is 18.7. The molecule has 2 N–H and O–H groups in total. The molecule has 1 saturated heterocycles. The highest BCUT2D eigenvalue weighted by Crippen LogP contribution is 2.32. The molecule has 3 aromatic rings. The van der Waals surface area contributed by atoms with Crippen LogP contribution < -0.4 is 5.73 Å². The van der Waals surface area contributed by atoms with Gasteiger partial charge < -0.3 is 10.6 Å². The Labute approximate surface area is 168 Å². The van der Waals surface area contributed by atoms with E-state index in [1.165, 1.54) is 0 Å². The quantitative estimate of drug-likeness (QED) is 0.741. The number of benzene rings is 1. The first-order valence-corrected chi connectivity index (χ1v) is 9.54. The minimum absolute atomic E-state index is 0.00161. The van der Waals surface area contributed by atoms with E-state index in [2.05, 4.69) is 15.0 Å². The van der Waals surface area contributed by atoms with E-state index in [0.29, 0.717) is 24.2 Å². The zero-order valence-corrected chi connectivity index (χ0v) is 15.9. The summed E-state index contributed by atoms with van der Waals surface area (Å²) >= 11 is 0. The van der Waals surface area contributed by atoms with Crippen molar-refractivity contribution in [1.82, 2.24) is 19.9 Å². The van der Waals surface area contributed by atoms with E-state index < -0.39 is 5.91 Å². The first-order valence-electron chi connectivity index (χ1n) is 9.54. The van der Waals surface area contributed by atoms with Crippen molar-refractivity contribution in [3.8, 4) is 11.3 Å². The van der Waals surface area contributed by atoms with Gasteiger partial charge in [-0.25, -0.2) is 0 Å². The molecular weight excluding hydrogens is 366 g/mol. The fourth-order valence-electron chi connectivity index (χ4n) is 3.75. The molecule has 2 amide bonds. The Morgan fingerprint density at radius 2 is 1.79 bits per heavy atom. The number of rotatable bonds is 4. The van der Waals surface area contributed by atoms with E-state index >= 15 is 0 Å². The predicted molar refractivity (Wildman–Crippen MR) is 108 cm³/mol. The molecule has 0 bridgehead atoms. The van der Waals surface area contributed by atoms with E-state index in [-0.39, 0.29) is 11.8 Å². The maximum atomic E-state index is 12.9. The monoisotopic (exact) mass is 387 g/mol. The molecule has 0 saturated carbocycles. The number of nitrogens with zero attached hydrogens (tertiary/aromatic N) is 4. The Morgan fingerprint density at radius 3 is 2.59 bits per heavy atom. The molecule has 29 heavy (non-hydrogen) atoms. The Kier molecular flexibility index (Phi) is 5.29. The lowest BCUT2D eigenvalue weighted by Gasteiger charge is -2.33. The highest BCUT2D eigenvalue weighted by Gasteiger charge is 2.28. The van der Waals surface area contributed by atoms with Gasteiger partial charge in [-0.2, -0.15) is 0 Å². The largest absolute Gasteiger partial charge is 0.366 e. The number of pyridine rings is 1. The summed E-state index contributed by atoms with van der Waals surface area (Å²) in [7, 11) is 0. The van der Waals surface area contributed by atoms with Gasteiger partial charge >= 0.3 is 0 Å². The molecule has 1 fully saturated rings.